The van der Waals surface area contributed by atoms with Gasteiger partial charge in [-0.25, -0.2) is 0 Å². The van der Waals surface area contributed by atoms with Gasteiger partial charge >= 0.3 is 0 Å². The van der Waals surface area contributed by atoms with Gasteiger partial charge in [-0.2, -0.15) is 0 Å². The number of hydrogen-bond donors (Lipinski definition) is 3. The molecule has 0 fully saturated rings. The first-order valence-electron chi connectivity index (χ1n) is 6.19. The molecule has 3 heteroatoms. The molecule has 3 nitrogen and oxygen atoms in total. The van der Waals surface area contributed by atoms with Gasteiger partial charge < -0.3 is 15.9 Å². The molecule has 0 saturated carbocycles. The zero-order valence-electron chi connectivity index (χ0n) is 10.5. The van der Waals surface area contributed by atoms with E-state index in [1.54, 1.807) is 0 Å². The lowest BCUT2D eigenvalue weighted by Crippen LogP contribution is -2.22. The van der Waals surface area contributed by atoms with Gasteiger partial charge in [0.2, 0.25) is 0 Å². The van der Waals surface area contributed by atoms with Gasteiger partial charge in [0.05, 0.1) is 6.10 Å². The number of nitrogens with two attached hydrogens (primary N) is 1. The lowest BCUT2D eigenvalue weighted by molar-refractivity contribution is 0.0159. The molecule has 2 atom stereocenters. The summed E-state index contributed by atoms with van der Waals surface area (Å²) in [4.78, 5) is 0. The van der Waals surface area contributed by atoms with Crippen molar-refractivity contribution in [1.82, 2.24) is 0 Å². The minimum absolute atomic E-state index is 0.363. The second-order valence-corrected chi connectivity index (χ2v) is 4.61. The number of hydrogen-bond acceptors (Lipinski definition) is 3. The lowest BCUT2D eigenvalue weighted by Gasteiger charge is -2.19. The fourth-order valence-corrected chi connectivity index (χ4v) is 2.27. The molecule has 0 heterocycles. The fraction of sp³-hybridized carbons (Fsp3) is 0.333. The fourth-order valence-electron chi connectivity index (χ4n) is 2.27. The molecule has 2 unspecified atom stereocenters. The maximum Gasteiger partial charge on any atom is 0.105 e. The van der Waals surface area contributed by atoms with Crippen molar-refractivity contribution >= 4 is 10.8 Å². The monoisotopic (exact) mass is 245 g/mol. The Morgan fingerprint density at radius 1 is 1.06 bits per heavy atom. The van der Waals surface area contributed by atoms with Gasteiger partial charge in [0, 0.05) is 0 Å². The summed E-state index contributed by atoms with van der Waals surface area (Å²) in [5.74, 6) is 0. The maximum absolute atomic E-state index is 10.2. The molecule has 0 aliphatic carbocycles. The topological polar surface area (TPSA) is 66.5 Å². The van der Waals surface area contributed by atoms with Crippen molar-refractivity contribution in [1.29, 1.82) is 0 Å². The van der Waals surface area contributed by atoms with Crippen LogP contribution >= 0.6 is 0 Å². The summed E-state index contributed by atoms with van der Waals surface area (Å²) in [6.45, 7) is 2.40. The summed E-state index contributed by atoms with van der Waals surface area (Å²) in [6, 6.07) is 11.7. The summed E-state index contributed by atoms with van der Waals surface area (Å²) >= 11 is 0. The average molecular weight is 245 g/mol. The third-order valence-corrected chi connectivity index (χ3v) is 3.32. The Hall–Kier alpha value is -1.42. The first-order chi connectivity index (χ1) is 8.65. The summed E-state index contributed by atoms with van der Waals surface area (Å²) in [6.07, 6.45) is -1.32. The van der Waals surface area contributed by atoms with Crippen LogP contribution in [0.1, 0.15) is 23.7 Å². The molecule has 2 rings (SSSR count). The van der Waals surface area contributed by atoms with Gasteiger partial charge in [0.25, 0.3) is 0 Å². The van der Waals surface area contributed by atoms with E-state index in [9.17, 15) is 10.2 Å². The third-order valence-electron chi connectivity index (χ3n) is 3.32. The molecule has 2 aromatic carbocycles. The van der Waals surface area contributed by atoms with Crippen LogP contribution < -0.4 is 5.73 Å². The SMILES string of the molecule is Cc1ccc(C(O)C(O)CCN)c2ccccc12. The highest BCUT2D eigenvalue weighted by Crippen LogP contribution is 2.29. The van der Waals surface area contributed by atoms with Crippen molar-refractivity contribution < 1.29 is 10.2 Å². The molecule has 0 spiro atoms. The van der Waals surface area contributed by atoms with Crippen LogP contribution in [0, 0.1) is 6.92 Å². The molecular weight excluding hydrogens is 226 g/mol. The smallest absolute Gasteiger partial charge is 0.105 e. The number of benzene rings is 2. The molecule has 0 radical (unpaired) electrons. The van der Waals surface area contributed by atoms with Gasteiger partial charge in [-0.3, -0.25) is 0 Å². The van der Waals surface area contributed by atoms with Crippen LogP contribution in [0.4, 0.5) is 0 Å². The molecule has 96 valence electrons. The molecule has 18 heavy (non-hydrogen) atoms. The van der Waals surface area contributed by atoms with Crippen molar-refractivity contribution in [2.24, 2.45) is 5.73 Å². The largest absolute Gasteiger partial charge is 0.390 e. The first kappa shape index (κ1) is 13.0. The van der Waals surface area contributed by atoms with E-state index in [1.165, 1.54) is 0 Å². The predicted molar refractivity (Wildman–Crippen MR) is 73.3 cm³/mol. The summed E-state index contributed by atoms with van der Waals surface area (Å²) in [5.41, 5.74) is 7.33. The number of fused-ring (bicyclic) bond motifs is 1. The molecule has 0 aliphatic heterocycles. The Morgan fingerprint density at radius 3 is 2.39 bits per heavy atom. The van der Waals surface area contributed by atoms with E-state index in [1.807, 2.05) is 43.3 Å². The van der Waals surface area contributed by atoms with Crippen molar-refractivity contribution in [2.75, 3.05) is 6.54 Å². The zero-order chi connectivity index (χ0) is 13.1. The Bertz CT molecular complexity index is 539. The quantitative estimate of drug-likeness (QED) is 0.770. The molecule has 0 bridgehead atoms. The molecule has 0 saturated heterocycles. The van der Waals surface area contributed by atoms with Crippen LogP contribution in [0.3, 0.4) is 0 Å². The number of aliphatic hydroxyl groups is 2. The summed E-state index contributed by atoms with van der Waals surface area (Å²) in [7, 11) is 0. The highest BCUT2D eigenvalue weighted by atomic mass is 16.3. The van der Waals surface area contributed by atoms with Crippen molar-refractivity contribution in [3.8, 4) is 0 Å². The minimum Gasteiger partial charge on any atom is -0.390 e. The molecule has 0 aliphatic rings. The molecule has 4 N–H and O–H groups in total. The summed E-state index contributed by atoms with van der Waals surface area (Å²) < 4.78 is 0. The number of rotatable bonds is 4. The molecule has 2 aromatic rings. The predicted octanol–water partition coefficient (Wildman–Crippen LogP) is 1.89. The summed E-state index contributed by atoms with van der Waals surface area (Å²) in [5, 5.41) is 22.2. The van der Waals surface area contributed by atoms with Gasteiger partial charge in [0.1, 0.15) is 6.10 Å². The van der Waals surface area contributed by atoms with Crippen LogP contribution in [0.15, 0.2) is 36.4 Å². The van der Waals surface area contributed by atoms with Crippen LogP contribution in [-0.4, -0.2) is 22.9 Å². The van der Waals surface area contributed by atoms with E-state index in [0.717, 1.165) is 21.9 Å². The maximum atomic E-state index is 10.2. The second kappa shape index (κ2) is 5.48. The Balaban J connectivity index is 2.48. The van der Waals surface area contributed by atoms with E-state index in [2.05, 4.69) is 0 Å². The van der Waals surface area contributed by atoms with E-state index in [-0.39, 0.29) is 0 Å². The van der Waals surface area contributed by atoms with E-state index in [4.69, 9.17) is 5.73 Å². The molecule has 0 amide bonds. The Kier molecular flexibility index (Phi) is 3.97. The van der Waals surface area contributed by atoms with Gasteiger partial charge in [0.15, 0.2) is 0 Å². The molecule has 0 aromatic heterocycles. The lowest BCUT2D eigenvalue weighted by atomic mass is 9.94. The highest BCUT2D eigenvalue weighted by molar-refractivity contribution is 5.88. The normalized spacial score (nSPS) is 14.7. The van der Waals surface area contributed by atoms with Crippen molar-refractivity contribution in [3.05, 3.63) is 47.5 Å². The Morgan fingerprint density at radius 2 is 1.72 bits per heavy atom. The van der Waals surface area contributed by atoms with Gasteiger partial charge in [-0.15, -0.1) is 0 Å². The molecular formula is C15H19NO2. The Labute approximate surface area is 107 Å². The van der Waals surface area contributed by atoms with Crippen LogP contribution in [-0.2, 0) is 0 Å². The number of aryl methyl sites for hydroxylation is 1. The van der Waals surface area contributed by atoms with E-state index >= 15 is 0 Å². The van der Waals surface area contributed by atoms with Crippen LogP contribution in [0.5, 0.6) is 0 Å². The highest BCUT2D eigenvalue weighted by Gasteiger charge is 2.19. The second-order valence-electron chi connectivity index (χ2n) is 4.61. The minimum atomic E-state index is -0.890. The van der Waals surface area contributed by atoms with Crippen LogP contribution in [0.2, 0.25) is 0 Å². The van der Waals surface area contributed by atoms with Crippen LogP contribution in [0.25, 0.3) is 10.8 Å². The van der Waals surface area contributed by atoms with E-state index < -0.39 is 12.2 Å². The standard InChI is InChI=1S/C15H19NO2/c1-10-6-7-13(15(18)14(17)8-9-16)12-5-3-2-4-11(10)12/h2-7,14-15,17-18H,8-9,16H2,1H3. The van der Waals surface area contributed by atoms with E-state index in [0.29, 0.717) is 13.0 Å². The third kappa shape index (κ3) is 2.38. The van der Waals surface area contributed by atoms with Gasteiger partial charge in [-0.05, 0) is 41.8 Å². The van der Waals surface area contributed by atoms with Crippen molar-refractivity contribution in [2.45, 2.75) is 25.6 Å². The first-order valence-corrected chi connectivity index (χ1v) is 6.19. The zero-order valence-corrected chi connectivity index (χ0v) is 10.5. The van der Waals surface area contributed by atoms with Crippen molar-refractivity contribution in [3.63, 3.8) is 0 Å². The van der Waals surface area contributed by atoms with Gasteiger partial charge in [-0.1, -0.05) is 36.4 Å². The average Bonchev–Trinajstić information content (AvgIpc) is 2.39. The number of aliphatic hydroxyl groups excluding tert-OH is 2.